The number of aliphatic carboxylic acids is 1. The van der Waals surface area contributed by atoms with Crippen LogP contribution in [0.2, 0.25) is 0 Å². The molecule has 0 saturated carbocycles. The first-order chi connectivity index (χ1) is 16.3. The number of nitrogens with one attached hydrogen (secondary N) is 1. The van der Waals surface area contributed by atoms with Gasteiger partial charge in [-0.3, -0.25) is 4.79 Å². The van der Waals surface area contributed by atoms with E-state index in [0.717, 1.165) is 11.1 Å². The predicted octanol–water partition coefficient (Wildman–Crippen LogP) is 4.55. The van der Waals surface area contributed by atoms with Crippen molar-refractivity contribution in [1.29, 1.82) is 0 Å². The molecule has 2 aliphatic rings. The molecule has 2 amide bonds. The molecule has 1 saturated heterocycles. The van der Waals surface area contributed by atoms with Crippen molar-refractivity contribution in [2.75, 3.05) is 13.2 Å². The van der Waals surface area contributed by atoms with Crippen LogP contribution in [0.3, 0.4) is 0 Å². The lowest BCUT2D eigenvalue weighted by atomic mass is 9.98. The Labute approximate surface area is 200 Å². The minimum atomic E-state index is -1.14. The summed E-state index contributed by atoms with van der Waals surface area (Å²) < 4.78 is 5.62. The van der Waals surface area contributed by atoms with Gasteiger partial charge in [-0.2, -0.15) is 0 Å². The molecule has 0 bridgehead atoms. The predicted molar refractivity (Wildman–Crippen MR) is 129 cm³/mol. The van der Waals surface area contributed by atoms with Crippen LogP contribution in [-0.4, -0.2) is 52.7 Å². The summed E-state index contributed by atoms with van der Waals surface area (Å²) in [5, 5.41) is 12.4. The minimum absolute atomic E-state index is 0.0105. The third-order valence-electron chi connectivity index (χ3n) is 7.27. The van der Waals surface area contributed by atoms with Crippen LogP contribution in [0.15, 0.2) is 48.5 Å². The van der Waals surface area contributed by atoms with E-state index in [9.17, 15) is 19.5 Å². The summed E-state index contributed by atoms with van der Waals surface area (Å²) in [4.78, 5) is 38.4. The van der Waals surface area contributed by atoms with Gasteiger partial charge >= 0.3 is 12.1 Å². The van der Waals surface area contributed by atoms with Crippen LogP contribution in [0.1, 0.15) is 63.0 Å². The first kappa shape index (κ1) is 23.8. The average Bonchev–Trinajstić information content (AvgIpc) is 3.39. The highest BCUT2D eigenvalue weighted by Crippen LogP contribution is 2.44. The maximum atomic E-state index is 12.7. The molecule has 0 spiro atoms. The van der Waals surface area contributed by atoms with E-state index in [4.69, 9.17) is 4.74 Å². The highest BCUT2D eigenvalue weighted by Gasteiger charge is 2.45. The molecule has 7 heteroatoms. The van der Waals surface area contributed by atoms with Gasteiger partial charge in [0, 0.05) is 24.9 Å². The number of rotatable bonds is 8. The van der Waals surface area contributed by atoms with Crippen molar-refractivity contribution in [3.8, 4) is 11.1 Å². The minimum Gasteiger partial charge on any atom is -0.480 e. The van der Waals surface area contributed by atoms with Gasteiger partial charge < -0.3 is 20.1 Å². The fourth-order valence-corrected chi connectivity index (χ4v) is 5.20. The molecule has 1 aliphatic heterocycles. The lowest BCUT2D eigenvalue weighted by Crippen LogP contribution is -2.51. The summed E-state index contributed by atoms with van der Waals surface area (Å²) in [5.41, 5.74) is 3.51. The molecule has 1 fully saturated rings. The number of amides is 2. The molecular weight excluding hydrogens is 432 g/mol. The zero-order chi connectivity index (χ0) is 24.3. The number of likely N-dealkylation sites (tertiary alicyclic amines) is 1. The van der Waals surface area contributed by atoms with Crippen molar-refractivity contribution in [3.63, 3.8) is 0 Å². The fourth-order valence-electron chi connectivity index (χ4n) is 5.20. The van der Waals surface area contributed by atoms with Crippen LogP contribution in [0.5, 0.6) is 0 Å². The van der Waals surface area contributed by atoms with E-state index in [2.05, 4.69) is 29.6 Å². The van der Waals surface area contributed by atoms with Gasteiger partial charge in [0.15, 0.2) is 0 Å². The molecule has 1 heterocycles. The van der Waals surface area contributed by atoms with Crippen LogP contribution < -0.4 is 5.32 Å². The second kappa shape index (κ2) is 9.87. The number of carbonyl (C=O) groups excluding carboxylic acids is 2. The van der Waals surface area contributed by atoms with Crippen molar-refractivity contribution >= 4 is 18.0 Å². The van der Waals surface area contributed by atoms with Gasteiger partial charge in [-0.15, -0.1) is 0 Å². The molecule has 2 N–H and O–H groups in total. The number of carboxylic acids is 1. The third-order valence-corrected chi connectivity index (χ3v) is 7.27. The zero-order valence-electron chi connectivity index (χ0n) is 19.8. The summed E-state index contributed by atoms with van der Waals surface area (Å²) in [6.07, 6.45) is 1.91. The topological polar surface area (TPSA) is 95.9 Å². The molecule has 2 aromatic carbocycles. The summed E-state index contributed by atoms with van der Waals surface area (Å²) in [6.45, 7) is 4.24. The van der Waals surface area contributed by atoms with E-state index in [1.54, 1.807) is 6.92 Å². The van der Waals surface area contributed by atoms with Gasteiger partial charge in [-0.1, -0.05) is 55.5 Å². The molecule has 2 atom stereocenters. The SMILES string of the molecule is CCC(CCC(=O)N1CCCC1(C)C(=O)O)NC(=O)OCC1c2ccccc2-c2ccccc21. The van der Waals surface area contributed by atoms with Gasteiger partial charge in [0.25, 0.3) is 0 Å². The quantitative estimate of drug-likeness (QED) is 0.598. The van der Waals surface area contributed by atoms with E-state index >= 15 is 0 Å². The Morgan fingerprint density at radius 1 is 1.12 bits per heavy atom. The van der Waals surface area contributed by atoms with Gasteiger partial charge in [0.2, 0.25) is 5.91 Å². The number of alkyl carbamates (subject to hydrolysis) is 1. The number of carboxylic acid groups (broad SMARTS) is 1. The van der Waals surface area contributed by atoms with Crippen LogP contribution in [0.25, 0.3) is 11.1 Å². The lowest BCUT2D eigenvalue weighted by molar-refractivity contribution is -0.155. The normalized spacial score (nSPS) is 19.9. The van der Waals surface area contributed by atoms with E-state index < -0.39 is 17.6 Å². The van der Waals surface area contributed by atoms with Crippen LogP contribution in [0.4, 0.5) is 4.79 Å². The second-order valence-corrected chi connectivity index (χ2v) is 9.34. The first-order valence-corrected chi connectivity index (χ1v) is 12.0. The van der Waals surface area contributed by atoms with E-state index in [-0.39, 0.29) is 30.9 Å². The van der Waals surface area contributed by atoms with E-state index in [1.807, 2.05) is 31.2 Å². The van der Waals surface area contributed by atoms with Crippen molar-refractivity contribution in [2.24, 2.45) is 0 Å². The largest absolute Gasteiger partial charge is 0.480 e. The molecule has 0 aromatic heterocycles. The standard InChI is InChI=1S/C27H32N2O5/c1-3-18(13-14-24(30)29-16-8-15-27(29,2)25(31)32)28-26(33)34-17-23-21-11-6-4-9-19(21)20-10-5-7-12-22(20)23/h4-7,9-12,18,23H,3,8,13-17H2,1-2H3,(H,28,33)(H,31,32). The molecule has 180 valence electrons. The molecule has 0 radical (unpaired) electrons. The lowest BCUT2D eigenvalue weighted by Gasteiger charge is -2.31. The highest BCUT2D eigenvalue weighted by molar-refractivity contribution is 5.87. The van der Waals surface area contributed by atoms with Crippen LogP contribution in [-0.2, 0) is 14.3 Å². The number of nitrogens with zero attached hydrogens (tertiary/aromatic N) is 1. The van der Waals surface area contributed by atoms with Gasteiger partial charge in [0.1, 0.15) is 12.1 Å². The maximum absolute atomic E-state index is 12.7. The van der Waals surface area contributed by atoms with Crippen molar-refractivity contribution in [3.05, 3.63) is 59.7 Å². The van der Waals surface area contributed by atoms with Crippen LogP contribution in [0, 0.1) is 0 Å². The van der Waals surface area contributed by atoms with Crippen molar-refractivity contribution < 1.29 is 24.2 Å². The Morgan fingerprint density at radius 2 is 1.74 bits per heavy atom. The Balaban J connectivity index is 1.31. The fraction of sp³-hybridized carbons (Fsp3) is 0.444. The molecule has 34 heavy (non-hydrogen) atoms. The van der Waals surface area contributed by atoms with Crippen molar-refractivity contribution in [1.82, 2.24) is 10.2 Å². The van der Waals surface area contributed by atoms with E-state index in [0.29, 0.717) is 32.2 Å². The van der Waals surface area contributed by atoms with Crippen LogP contribution >= 0.6 is 0 Å². The Hall–Kier alpha value is -3.35. The number of hydrogen-bond donors (Lipinski definition) is 2. The Kier molecular flexibility index (Phi) is 6.91. The van der Waals surface area contributed by atoms with Gasteiger partial charge in [-0.25, -0.2) is 9.59 Å². The Morgan fingerprint density at radius 3 is 2.32 bits per heavy atom. The molecule has 4 rings (SSSR count). The molecule has 2 aromatic rings. The number of hydrogen-bond acceptors (Lipinski definition) is 4. The van der Waals surface area contributed by atoms with Gasteiger partial charge in [0.05, 0.1) is 0 Å². The molecule has 2 unspecified atom stereocenters. The Bertz CT molecular complexity index is 1040. The monoisotopic (exact) mass is 464 g/mol. The smallest absolute Gasteiger partial charge is 0.407 e. The maximum Gasteiger partial charge on any atom is 0.407 e. The highest BCUT2D eigenvalue weighted by atomic mass is 16.5. The summed E-state index contributed by atoms with van der Waals surface area (Å²) >= 11 is 0. The number of fused-ring (bicyclic) bond motifs is 3. The number of benzene rings is 2. The van der Waals surface area contributed by atoms with Crippen molar-refractivity contribution in [2.45, 2.75) is 63.5 Å². The molecular formula is C27H32N2O5. The number of ether oxygens (including phenoxy) is 1. The first-order valence-electron chi connectivity index (χ1n) is 12.0. The second-order valence-electron chi connectivity index (χ2n) is 9.34. The third kappa shape index (κ3) is 4.52. The summed E-state index contributed by atoms with van der Waals surface area (Å²) in [5.74, 6) is -1.17. The zero-order valence-corrected chi connectivity index (χ0v) is 19.8. The average molecular weight is 465 g/mol. The molecule has 1 aliphatic carbocycles. The summed E-state index contributed by atoms with van der Waals surface area (Å²) in [6, 6.07) is 16.1. The number of carbonyl (C=O) groups is 3. The van der Waals surface area contributed by atoms with E-state index in [1.165, 1.54) is 16.0 Å². The van der Waals surface area contributed by atoms with Gasteiger partial charge in [-0.05, 0) is 54.9 Å². The molecule has 7 nitrogen and oxygen atoms in total. The summed E-state index contributed by atoms with van der Waals surface area (Å²) in [7, 11) is 0.